The van der Waals surface area contributed by atoms with E-state index in [2.05, 4.69) is 15.9 Å². The summed E-state index contributed by atoms with van der Waals surface area (Å²) in [5.41, 5.74) is 0.575. The second-order valence-corrected chi connectivity index (χ2v) is 4.23. The molecule has 1 saturated carbocycles. The zero-order valence-corrected chi connectivity index (χ0v) is 9.91. The number of hydrogen-bond donors (Lipinski definition) is 0. The molecule has 0 bridgehead atoms. The minimum Gasteiger partial charge on any atom is -0.493 e. The van der Waals surface area contributed by atoms with E-state index >= 15 is 0 Å². The third-order valence-electron chi connectivity index (χ3n) is 2.25. The molecule has 1 aliphatic carbocycles. The molecule has 1 fully saturated rings. The minimum atomic E-state index is 0.275. The highest BCUT2D eigenvalue weighted by molar-refractivity contribution is 9.10. The number of aldehydes is 1. The fourth-order valence-corrected chi connectivity index (χ4v) is 1.78. The van der Waals surface area contributed by atoms with Crippen molar-refractivity contribution in [1.82, 2.24) is 0 Å². The van der Waals surface area contributed by atoms with E-state index in [1.165, 1.54) is 0 Å². The number of rotatable bonds is 4. The van der Waals surface area contributed by atoms with E-state index in [-0.39, 0.29) is 6.10 Å². The molecular formula is C11H11BrO3. The van der Waals surface area contributed by atoms with Crippen LogP contribution in [0.4, 0.5) is 0 Å². The summed E-state index contributed by atoms with van der Waals surface area (Å²) >= 11 is 3.35. The second kappa shape index (κ2) is 4.23. The molecular weight excluding hydrogens is 260 g/mol. The Balaban J connectivity index is 2.39. The Kier molecular flexibility index (Phi) is 2.95. The molecule has 0 saturated heterocycles. The lowest BCUT2D eigenvalue weighted by Crippen LogP contribution is -2.01. The van der Waals surface area contributed by atoms with E-state index < -0.39 is 0 Å². The normalized spacial score (nSPS) is 14.8. The van der Waals surface area contributed by atoms with Crippen LogP contribution in [0.1, 0.15) is 23.2 Å². The van der Waals surface area contributed by atoms with Gasteiger partial charge in [-0.2, -0.15) is 0 Å². The molecule has 0 N–H and O–H groups in total. The Bertz CT molecular complexity index is 386. The van der Waals surface area contributed by atoms with Gasteiger partial charge >= 0.3 is 0 Å². The highest BCUT2D eigenvalue weighted by Crippen LogP contribution is 2.40. The van der Waals surface area contributed by atoms with Crippen LogP contribution in [0.25, 0.3) is 0 Å². The topological polar surface area (TPSA) is 35.5 Å². The van der Waals surface area contributed by atoms with E-state index in [4.69, 9.17) is 9.47 Å². The van der Waals surface area contributed by atoms with Gasteiger partial charge in [0, 0.05) is 5.56 Å². The van der Waals surface area contributed by atoms with Crippen molar-refractivity contribution in [2.45, 2.75) is 18.9 Å². The van der Waals surface area contributed by atoms with Gasteiger partial charge in [-0.15, -0.1) is 0 Å². The number of hydrogen-bond acceptors (Lipinski definition) is 3. The predicted octanol–water partition coefficient (Wildman–Crippen LogP) is 2.81. The fourth-order valence-electron chi connectivity index (χ4n) is 1.27. The van der Waals surface area contributed by atoms with Crippen LogP contribution in [-0.4, -0.2) is 19.5 Å². The summed E-state index contributed by atoms with van der Waals surface area (Å²) < 4.78 is 11.5. The Hall–Kier alpha value is -1.03. The zero-order chi connectivity index (χ0) is 10.8. The molecule has 1 aromatic rings. The Morgan fingerprint density at radius 3 is 2.73 bits per heavy atom. The van der Waals surface area contributed by atoms with E-state index in [1.807, 2.05) is 0 Å². The number of carbonyl (C=O) groups is 1. The van der Waals surface area contributed by atoms with Crippen molar-refractivity contribution in [3.05, 3.63) is 22.2 Å². The van der Waals surface area contributed by atoms with Crippen molar-refractivity contribution in [1.29, 1.82) is 0 Å². The molecule has 3 nitrogen and oxygen atoms in total. The Labute approximate surface area is 96.5 Å². The quantitative estimate of drug-likeness (QED) is 0.790. The number of carbonyl (C=O) groups excluding carboxylic acids is 1. The third kappa shape index (κ3) is 2.15. The van der Waals surface area contributed by atoms with Gasteiger partial charge in [0.1, 0.15) is 0 Å². The van der Waals surface area contributed by atoms with Gasteiger partial charge in [-0.3, -0.25) is 4.79 Å². The average molecular weight is 271 g/mol. The molecule has 4 heteroatoms. The fraction of sp³-hybridized carbons (Fsp3) is 0.364. The molecule has 80 valence electrons. The van der Waals surface area contributed by atoms with Crippen LogP contribution in [0.5, 0.6) is 11.5 Å². The molecule has 2 rings (SSSR count). The van der Waals surface area contributed by atoms with Crippen molar-refractivity contribution in [3.63, 3.8) is 0 Å². The molecule has 0 heterocycles. The van der Waals surface area contributed by atoms with Gasteiger partial charge in [-0.1, -0.05) is 0 Å². The number of ether oxygens (including phenoxy) is 2. The van der Waals surface area contributed by atoms with Crippen LogP contribution in [0.2, 0.25) is 0 Å². The summed E-state index contributed by atoms with van der Waals surface area (Å²) in [6.07, 6.45) is 3.21. The van der Waals surface area contributed by atoms with Crippen molar-refractivity contribution in [2.75, 3.05) is 7.11 Å². The lowest BCUT2D eigenvalue weighted by Gasteiger charge is -2.12. The van der Waals surface area contributed by atoms with E-state index in [9.17, 15) is 4.79 Å². The van der Waals surface area contributed by atoms with Crippen LogP contribution in [0.15, 0.2) is 16.6 Å². The first-order chi connectivity index (χ1) is 7.26. The molecule has 1 aliphatic rings. The minimum absolute atomic E-state index is 0.275. The maximum absolute atomic E-state index is 10.8. The molecule has 0 spiro atoms. The SMILES string of the molecule is COc1ccc(C=O)c(Br)c1OC1CC1. The van der Waals surface area contributed by atoms with Crippen molar-refractivity contribution < 1.29 is 14.3 Å². The summed E-state index contributed by atoms with van der Waals surface area (Å²) in [4.78, 5) is 10.8. The van der Waals surface area contributed by atoms with Gasteiger partial charge in [0.2, 0.25) is 0 Å². The highest BCUT2D eigenvalue weighted by atomic mass is 79.9. The maximum atomic E-state index is 10.8. The number of methoxy groups -OCH3 is 1. The van der Waals surface area contributed by atoms with Crippen LogP contribution in [-0.2, 0) is 0 Å². The maximum Gasteiger partial charge on any atom is 0.176 e. The summed E-state index contributed by atoms with van der Waals surface area (Å²) in [5.74, 6) is 1.28. The van der Waals surface area contributed by atoms with Crippen molar-refractivity contribution >= 4 is 22.2 Å². The van der Waals surface area contributed by atoms with E-state index in [0.29, 0.717) is 21.5 Å². The molecule has 1 aromatic carbocycles. The van der Waals surface area contributed by atoms with Gasteiger partial charge in [0.15, 0.2) is 17.8 Å². The second-order valence-electron chi connectivity index (χ2n) is 3.44. The van der Waals surface area contributed by atoms with Crippen molar-refractivity contribution in [3.8, 4) is 11.5 Å². The lowest BCUT2D eigenvalue weighted by atomic mass is 10.2. The predicted molar refractivity (Wildman–Crippen MR) is 59.7 cm³/mol. The van der Waals surface area contributed by atoms with E-state index in [1.54, 1.807) is 19.2 Å². The van der Waals surface area contributed by atoms with E-state index in [0.717, 1.165) is 19.1 Å². The van der Waals surface area contributed by atoms with Gasteiger partial charge < -0.3 is 9.47 Å². The first-order valence-corrected chi connectivity index (χ1v) is 5.54. The smallest absolute Gasteiger partial charge is 0.176 e. The molecule has 0 unspecified atom stereocenters. The monoisotopic (exact) mass is 270 g/mol. The first kappa shape index (κ1) is 10.5. The molecule has 15 heavy (non-hydrogen) atoms. The average Bonchev–Trinajstić information content (AvgIpc) is 3.05. The zero-order valence-electron chi connectivity index (χ0n) is 8.33. The molecule has 0 atom stereocenters. The molecule has 0 aromatic heterocycles. The first-order valence-electron chi connectivity index (χ1n) is 4.74. The number of halogens is 1. The Morgan fingerprint density at radius 1 is 1.47 bits per heavy atom. The summed E-state index contributed by atoms with van der Waals surface area (Å²) in [5, 5.41) is 0. The van der Waals surface area contributed by atoms with Gasteiger partial charge in [-0.05, 0) is 40.9 Å². The lowest BCUT2D eigenvalue weighted by molar-refractivity contribution is 0.112. The summed E-state index contributed by atoms with van der Waals surface area (Å²) in [6, 6.07) is 3.45. The van der Waals surface area contributed by atoms with Crippen LogP contribution >= 0.6 is 15.9 Å². The third-order valence-corrected chi connectivity index (χ3v) is 3.06. The molecule has 0 amide bonds. The van der Waals surface area contributed by atoms with Gasteiger partial charge in [0.25, 0.3) is 0 Å². The highest BCUT2D eigenvalue weighted by Gasteiger charge is 2.26. The largest absolute Gasteiger partial charge is 0.493 e. The van der Waals surface area contributed by atoms with Crippen molar-refractivity contribution in [2.24, 2.45) is 0 Å². The summed E-state index contributed by atoms with van der Waals surface area (Å²) in [6.45, 7) is 0. The summed E-state index contributed by atoms with van der Waals surface area (Å²) in [7, 11) is 1.59. The van der Waals surface area contributed by atoms with Crippen LogP contribution < -0.4 is 9.47 Å². The number of benzene rings is 1. The standard InChI is InChI=1S/C11H11BrO3/c1-14-9-5-2-7(6-13)10(12)11(9)15-8-3-4-8/h2,5-6,8H,3-4H2,1H3. The van der Waals surface area contributed by atoms with Gasteiger partial charge in [0.05, 0.1) is 17.7 Å². The molecule has 0 aliphatic heterocycles. The molecule has 0 radical (unpaired) electrons. The van der Waals surface area contributed by atoms with Crippen LogP contribution in [0.3, 0.4) is 0 Å². The van der Waals surface area contributed by atoms with Gasteiger partial charge in [-0.25, -0.2) is 0 Å². The van der Waals surface area contributed by atoms with Crippen LogP contribution in [0, 0.1) is 0 Å². The Morgan fingerprint density at radius 2 is 2.20 bits per heavy atom.